The number of benzene rings is 2. The smallest absolute Gasteiger partial charge is 0.247 e. The molecule has 4 atom stereocenters. The Hall–Kier alpha value is -3.19. The van der Waals surface area contributed by atoms with E-state index in [4.69, 9.17) is 5.73 Å². The molecule has 37 heavy (non-hydrogen) atoms. The molecule has 198 valence electrons. The van der Waals surface area contributed by atoms with Crippen LogP contribution in [0.4, 0.5) is 11.4 Å². The van der Waals surface area contributed by atoms with E-state index in [9.17, 15) is 14.4 Å². The molecule has 4 N–H and O–H groups in total. The fraction of sp³-hybridized carbons (Fsp3) is 0.500. The molecule has 0 aliphatic carbocycles. The lowest BCUT2D eigenvalue weighted by Gasteiger charge is -2.31. The van der Waals surface area contributed by atoms with Crippen molar-refractivity contribution in [3.05, 3.63) is 59.7 Å². The van der Waals surface area contributed by atoms with E-state index in [-0.39, 0.29) is 29.6 Å². The van der Waals surface area contributed by atoms with Crippen molar-refractivity contribution in [2.75, 3.05) is 16.8 Å². The molecule has 0 aromatic heterocycles. The summed E-state index contributed by atoms with van der Waals surface area (Å²) in [7, 11) is 0. The number of anilines is 2. The van der Waals surface area contributed by atoms with Gasteiger partial charge in [0.15, 0.2) is 0 Å². The fourth-order valence-electron chi connectivity index (χ4n) is 5.99. The normalized spacial score (nSPS) is 20.3. The van der Waals surface area contributed by atoms with Crippen LogP contribution in [0.5, 0.6) is 0 Å². The largest absolute Gasteiger partial charge is 0.369 e. The van der Waals surface area contributed by atoms with Gasteiger partial charge < -0.3 is 16.4 Å². The predicted molar refractivity (Wildman–Crippen MR) is 147 cm³/mol. The number of amides is 3. The summed E-state index contributed by atoms with van der Waals surface area (Å²) in [5, 5.41) is 6.50. The molecule has 0 saturated heterocycles. The molecular weight excluding hydrogens is 464 g/mol. The van der Waals surface area contributed by atoms with Crippen molar-refractivity contribution in [2.45, 2.75) is 71.4 Å². The lowest BCUT2D eigenvalue weighted by Crippen LogP contribution is -2.53. The number of carbonyl (C=O) groups excluding carboxylic acids is 3. The number of hydrogen-bond donors (Lipinski definition) is 3. The number of para-hydroxylation sites is 2. The summed E-state index contributed by atoms with van der Waals surface area (Å²) < 4.78 is 0. The van der Waals surface area contributed by atoms with Gasteiger partial charge in [-0.15, -0.1) is 0 Å². The second-order valence-electron chi connectivity index (χ2n) is 10.9. The summed E-state index contributed by atoms with van der Waals surface area (Å²) in [4.78, 5) is 41.4. The maximum absolute atomic E-state index is 14.0. The van der Waals surface area contributed by atoms with E-state index in [1.54, 1.807) is 4.90 Å². The number of nitrogens with two attached hydrogens (primary N) is 1. The second-order valence-corrected chi connectivity index (χ2v) is 10.9. The van der Waals surface area contributed by atoms with Gasteiger partial charge >= 0.3 is 0 Å². The monoisotopic (exact) mass is 504 g/mol. The van der Waals surface area contributed by atoms with Crippen molar-refractivity contribution in [3.63, 3.8) is 0 Å². The molecule has 0 saturated carbocycles. The molecule has 0 radical (unpaired) electrons. The van der Waals surface area contributed by atoms with E-state index in [0.717, 1.165) is 42.5 Å². The van der Waals surface area contributed by atoms with Gasteiger partial charge in [0.05, 0.1) is 11.7 Å². The van der Waals surface area contributed by atoms with Crippen molar-refractivity contribution in [2.24, 2.45) is 23.5 Å². The molecule has 0 fully saturated rings. The van der Waals surface area contributed by atoms with Crippen LogP contribution in [0.1, 0.15) is 57.6 Å². The summed E-state index contributed by atoms with van der Waals surface area (Å²) in [6.45, 7) is 6.89. The highest BCUT2D eigenvalue weighted by Crippen LogP contribution is 2.39. The first kappa shape index (κ1) is 26.9. The van der Waals surface area contributed by atoms with Crippen molar-refractivity contribution in [1.29, 1.82) is 0 Å². The van der Waals surface area contributed by atoms with Crippen LogP contribution in [-0.4, -0.2) is 36.3 Å². The zero-order chi connectivity index (χ0) is 26.5. The van der Waals surface area contributed by atoms with Gasteiger partial charge in [0.1, 0.15) is 6.04 Å². The third-order valence-corrected chi connectivity index (χ3v) is 7.69. The second kappa shape index (κ2) is 11.9. The first-order valence-electron chi connectivity index (χ1n) is 13.6. The van der Waals surface area contributed by atoms with Crippen molar-refractivity contribution in [1.82, 2.24) is 5.32 Å². The Kier molecular flexibility index (Phi) is 8.64. The van der Waals surface area contributed by atoms with Gasteiger partial charge in [-0.05, 0) is 67.3 Å². The first-order chi connectivity index (χ1) is 17.8. The van der Waals surface area contributed by atoms with Crippen LogP contribution >= 0.6 is 0 Å². The van der Waals surface area contributed by atoms with E-state index < -0.39 is 12.1 Å². The molecular formula is C30H40N4O3. The van der Waals surface area contributed by atoms with Gasteiger partial charge in [0.25, 0.3) is 0 Å². The summed E-state index contributed by atoms with van der Waals surface area (Å²) in [6, 6.07) is 14.4. The van der Waals surface area contributed by atoms with E-state index in [2.05, 4.69) is 37.5 Å². The van der Waals surface area contributed by atoms with Crippen LogP contribution in [0.2, 0.25) is 0 Å². The predicted octanol–water partition coefficient (Wildman–Crippen LogP) is 4.05. The fourth-order valence-corrected chi connectivity index (χ4v) is 5.99. The lowest BCUT2D eigenvalue weighted by atomic mass is 9.82. The van der Waals surface area contributed by atoms with Crippen molar-refractivity contribution < 1.29 is 14.4 Å². The van der Waals surface area contributed by atoms with Crippen LogP contribution in [0.3, 0.4) is 0 Å². The molecule has 0 spiro atoms. The quantitative estimate of drug-likeness (QED) is 0.429. The molecule has 2 aliphatic heterocycles. The number of rotatable bonds is 11. The topological polar surface area (TPSA) is 105 Å². The van der Waals surface area contributed by atoms with Crippen LogP contribution < -0.4 is 21.3 Å². The van der Waals surface area contributed by atoms with Gasteiger partial charge in [-0.1, -0.05) is 63.6 Å². The number of carbonyl (C=O) groups is 3. The van der Waals surface area contributed by atoms with Crippen molar-refractivity contribution in [3.8, 4) is 0 Å². The van der Waals surface area contributed by atoms with E-state index in [0.29, 0.717) is 31.0 Å². The zero-order valence-corrected chi connectivity index (χ0v) is 22.2. The van der Waals surface area contributed by atoms with E-state index in [1.807, 2.05) is 42.5 Å². The van der Waals surface area contributed by atoms with Crippen LogP contribution in [0, 0.1) is 17.8 Å². The van der Waals surface area contributed by atoms with E-state index in [1.165, 1.54) is 0 Å². The SMILES string of the molecule is CCC[C@H](C(N)=O)[C@H](CN[C@H]1CCc2cccc3c2N(C1=O)[C@H](C(=O)Nc1ccccc1)C3)CC(C)C. The molecule has 3 amide bonds. The van der Waals surface area contributed by atoms with Crippen molar-refractivity contribution >= 4 is 29.1 Å². The Morgan fingerprint density at radius 3 is 2.49 bits per heavy atom. The molecule has 2 aromatic carbocycles. The highest BCUT2D eigenvalue weighted by atomic mass is 16.2. The molecule has 7 nitrogen and oxygen atoms in total. The van der Waals surface area contributed by atoms with Gasteiger partial charge in [0, 0.05) is 18.0 Å². The standard InChI is InChI=1S/C30H40N4O3/c1-4-9-24(28(31)35)22(16-19(2)3)18-32-25-15-14-20-10-8-11-21-17-26(34(27(20)21)30(25)37)29(36)33-23-12-6-5-7-13-23/h5-8,10-13,19,22,24-26,32H,4,9,14-18H2,1-3H3,(H2,31,35)(H,33,36)/t22-,24-,25-,26-/m0/s1. The Labute approximate surface area is 220 Å². The molecule has 2 aliphatic rings. The average molecular weight is 505 g/mol. The minimum absolute atomic E-state index is 0.0576. The van der Waals surface area contributed by atoms with Crippen LogP contribution in [-0.2, 0) is 27.2 Å². The number of nitrogens with one attached hydrogen (secondary N) is 2. The summed E-state index contributed by atoms with van der Waals surface area (Å²) in [5.41, 5.74) is 9.54. The van der Waals surface area contributed by atoms with Crippen LogP contribution in [0.15, 0.2) is 48.5 Å². The Bertz CT molecular complexity index is 1120. The maximum Gasteiger partial charge on any atom is 0.247 e. The van der Waals surface area contributed by atoms with Crippen LogP contribution in [0.25, 0.3) is 0 Å². The highest BCUT2D eigenvalue weighted by molar-refractivity contribution is 6.09. The van der Waals surface area contributed by atoms with E-state index >= 15 is 0 Å². The summed E-state index contributed by atoms with van der Waals surface area (Å²) in [6.07, 6.45) is 4.37. The van der Waals surface area contributed by atoms with Gasteiger partial charge in [-0.2, -0.15) is 0 Å². The molecule has 0 bridgehead atoms. The minimum Gasteiger partial charge on any atom is -0.369 e. The third-order valence-electron chi connectivity index (χ3n) is 7.69. The molecule has 4 rings (SSSR count). The number of aryl methyl sites for hydroxylation is 1. The van der Waals surface area contributed by atoms with Gasteiger partial charge in [0.2, 0.25) is 17.7 Å². The maximum atomic E-state index is 14.0. The molecule has 0 unspecified atom stereocenters. The molecule has 7 heteroatoms. The Morgan fingerprint density at radius 1 is 1.08 bits per heavy atom. The average Bonchev–Trinajstić information content (AvgIpc) is 3.20. The third kappa shape index (κ3) is 6.04. The van der Waals surface area contributed by atoms with Gasteiger partial charge in [-0.3, -0.25) is 19.3 Å². The molecule has 2 heterocycles. The Balaban J connectivity index is 1.56. The summed E-state index contributed by atoms with van der Waals surface area (Å²) in [5.74, 6) is -0.284. The number of hydrogen-bond acceptors (Lipinski definition) is 4. The molecule has 2 aromatic rings. The highest BCUT2D eigenvalue weighted by Gasteiger charge is 2.43. The summed E-state index contributed by atoms with van der Waals surface area (Å²) >= 11 is 0. The minimum atomic E-state index is -0.601. The first-order valence-corrected chi connectivity index (χ1v) is 13.6. The number of nitrogens with zero attached hydrogens (tertiary/aromatic N) is 1. The zero-order valence-electron chi connectivity index (χ0n) is 22.2. The number of primary amides is 1. The van der Waals surface area contributed by atoms with Gasteiger partial charge in [-0.25, -0.2) is 0 Å². The Morgan fingerprint density at radius 2 is 1.81 bits per heavy atom. The lowest BCUT2D eigenvalue weighted by molar-refractivity contribution is -0.125.